The molecule has 2 N–H and O–H groups in total. The smallest absolute Gasteiger partial charge is 0.0843 e. The minimum atomic E-state index is 0.252. The Kier molecular flexibility index (Phi) is 3.37. The van der Waals surface area contributed by atoms with Gasteiger partial charge in [-0.3, -0.25) is 0 Å². The lowest BCUT2D eigenvalue weighted by molar-refractivity contribution is -0.0467. The van der Waals surface area contributed by atoms with Gasteiger partial charge in [0.05, 0.1) is 3.79 Å². The molecule has 0 aliphatic heterocycles. The molecule has 1 heterocycles. The summed E-state index contributed by atoms with van der Waals surface area (Å²) in [6.07, 6.45) is 7.35. The molecule has 1 nitrogen and oxygen atoms in total. The van der Waals surface area contributed by atoms with Crippen molar-refractivity contribution in [2.75, 3.05) is 0 Å². The van der Waals surface area contributed by atoms with Crippen molar-refractivity contribution >= 4 is 43.2 Å². The molecule has 0 radical (unpaired) electrons. The third-order valence-corrected chi connectivity index (χ3v) is 9.06. The zero-order valence-corrected chi connectivity index (χ0v) is 14.8. The zero-order valence-electron chi connectivity index (χ0n) is 10.8. The number of rotatable bonds is 2. The highest BCUT2D eigenvalue weighted by molar-refractivity contribution is 9.13. The lowest BCUT2D eigenvalue weighted by atomic mass is 9.50. The molecule has 0 spiro atoms. The van der Waals surface area contributed by atoms with E-state index in [0.29, 0.717) is 0 Å². The largest absolute Gasteiger partial charge is 0.323 e. The second kappa shape index (κ2) is 4.82. The molecule has 4 heteroatoms. The molecule has 1 aromatic heterocycles. The maximum atomic E-state index is 6.67. The molecule has 5 rings (SSSR count). The van der Waals surface area contributed by atoms with E-state index in [1.807, 2.05) is 11.3 Å². The van der Waals surface area contributed by atoms with Crippen LogP contribution in [-0.2, 0) is 0 Å². The maximum absolute atomic E-state index is 6.67. The summed E-state index contributed by atoms with van der Waals surface area (Å²) in [4.78, 5) is 1.36. The Hall–Kier alpha value is 0.620. The molecule has 4 aliphatic carbocycles. The van der Waals surface area contributed by atoms with Crippen LogP contribution in [0.3, 0.4) is 0 Å². The Morgan fingerprint density at radius 3 is 2.11 bits per heavy atom. The van der Waals surface area contributed by atoms with E-state index in [9.17, 15) is 0 Å². The van der Waals surface area contributed by atoms with Gasteiger partial charge < -0.3 is 5.73 Å². The summed E-state index contributed by atoms with van der Waals surface area (Å²) in [6, 6.07) is 2.48. The van der Waals surface area contributed by atoms with Gasteiger partial charge in [0.2, 0.25) is 0 Å². The Morgan fingerprint density at radius 2 is 1.63 bits per heavy atom. The molecule has 1 aromatic rings. The normalized spacial score (nSPS) is 41.7. The zero-order chi connectivity index (χ0) is 13.1. The van der Waals surface area contributed by atoms with E-state index in [-0.39, 0.29) is 6.04 Å². The predicted octanol–water partition coefficient (Wildman–Crippen LogP) is 5.35. The summed E-state index contributed by atoms with van der Waals surface area (Å²) in [7, 11) is 0. The number of hydrogen-bond donors (Lipinski definition) is 1. The van der Waals surface area contributed by atoms with Crippen molar-refractivity contribution < 1.29 is 0 Å². The lowest BCUT2D eigenvalue weighted by Gasteiger charge is -2.55. The molecular weight excluding hydrogens is 386 g/mol. The number of hydrogen-bond acceptors (Lipinski definition) is 2. The first kappa shape index (κ1) is 13.3. The fourth-order valence-electron chi connectivity index (χ4n) is 5.27. The second-order valence-electron chi connectivity index (χ2n) is 6.80. The Labute approximate surface area is 135 Å². The van der Waals surface area contributed by atoms with Crippen molar-refractivity contribution in [1.82, 2.24) is 0 Å². The monoisotopic (exact) mass is 403 g/mol. The van der Waals surface area contributed by atoms with Crippen molar-refractivity contribution in [3.63, 3.8) is 0 Å². The highest BCUT2D eigenvalue weighted by Crippen LogP contribution is 2.59. The Bertz CT molecular complexity index is 451. The molecule has 1 atom stereocenters. The number of thiophene rings is 1. The van der Waals surface area contributed by atoms with Gasteiger partial charge in [0, 0.05) is 15.4 Å². The van der Waals surface area contributed by atoms with E-state index in [4.69, 9.17) is 5.73 Å². The summed E-state index contributed by atoms with van der Waals surface area (Å²) >= 11 is 9.01. The van der Waals surface area contributed by atoms with Crippen LogP contribution in [0.25, 0.3) is 0 Å². The molecule has 0 aromatic carbocycles. The summed E-state index contributed by atoms with van der Waals surface area (Å²) in [6.45, 7) is 0. The first-order chi connectivity index (χ1) is 9.11. The van der Waals surface area contributed by atoms with E-state index >= 15 is 0 Å². The molecule has 4 fully saturated rings. The number of nitrogens with two attached hydrogens (primary N) is 1. The molecule has 4 saturated carbocycles. The molecular formula is C15H19Br2NS. The van der Waals surface area contributed by atoms with Crippen LogP contribution in [0, 0.1) is 29.6 Å². The van der Waals surface area contributed by atoms with Gasteiger partial charge in [-0.1, -0.05) is 0 Å². The van der Waals surface area contributed by atoms with Crippen molar-refractivity contribution in [2.24, 2.45) is 35.3 Å². The first-order valence-corrected chi connectivity index (χ1v) is 9.72. The van der Waals surface area contributed by atoms with Gasteiger partial charge in [0.25, 0.3) is 0 Å². The third kappa shape index (κ3) is 2.18. The van der Waals surface area contributed by atoms with Crippen LogP contribution in [-0.4, -0.2) is 0 Å². The van der Waals surface area contributed by atoms with Gasteiger partial charge in [-0.25, -0.2) is 0 Å². The standard InChI is InChI=1S/C15H19Br2NS/c16-11-6-12(19-15(11)17)14(18)13-9-2-7-1-8(4-9)5-10(13)3-7/h6-10,13-14H,1-5,18H2. The van der Waals surface area contributed by atoms with Crippen LogP contribution in [0.2, 0.25) is 0 Å². The maximum Gasteiger partial charge on any atom is 0.0843 e. The summed E-state index contributed by atoms with van der Waals surface area (Å²) < 4.78 is 2.34. The van der Waals surface area contributed by atoms with Crippen molar-refractivity contribution in [2.45, 2.75) is 38.1 Å². The quantitative estimate of drug-likeness (QED) is 0.706. The first-order valence-electron chi connectivity index (χ1n) is 7.32. The van der Waals surface area contributed by atoms with Gasteiger partial charge in [0.15, 0.2) is 0 Å². The molecule has 0 saturated heterocycles. The SMILES string of the molecule is NC(c1cc(Br)c(Br)s1)C1C2CC3CC(C2)CC1C3. The summed E-state index contributed by atoms with van der Waals surface area (Å²) in [5.74, 6) is 4.63. The molecule has 4 bridgehead atoms. The van der Waals surface area contributed by atoms with Gasteiger partial charge in [-0.05, 0) is 99.6 Å². The molecule has 0 amide bonds. The van der Waals surface area contributed by atoms with Crippen LogP contribution in [0.4, 0.5) is 0 Å². The topological polar surface area (TPSA) is 26.0 Å². The predicted molar refractivity (Wildman–Crippen MR) is 87.2 cm³/mol. The third-order valence-electron chi connectivity index (χ3n) is 5.71. The van der Waals surface area contributed by atoms with E-state index < -0.39 is 0 Å². The molecule has 4 aliphatic rings. The second-order valence-corrected chi connectivity index (χ2v) is 10.1. The van der Waals surface area contributed by atoms with Crippen LogP contribution in [0.5, 0.6) is 0 Å². The number of halogens is 2. The van der Waals surface area contributed by atoms with Crippen LogP contribution < -0.4 is 5.73 Å². The van der Waals surface area contributed by atoms with Gasteiger partial charge in [-0.2, -0.15) is 0 Å². The highest BCUT2D eigenvalue weighted by Gasteiger charge is 2.50. The van der Waals surface area contributed by atoms with E-state index in [1.54, 1.807) is 0 Å². The van der Waals surface area contributed by atoms with Crippen molar-refractivity contribution in [3.05, 3.63) is 19.2 Å². The van der Waals surface area contributed by atoms with E-state index in [1.165, 1.54) is 40.8 Å². The summed E-state index contributed by atoms with van der Waals surface area (Å²) in [5, 5.41) is 0. The minimum Gasteiger partial charge on any atom is -0.323 e. The van der Waals surface area contributed by atoms with Crippen molar-refractivity contribution in [1.29, 1.82) is 0 Å². The van der Waals surface area contributed by atoms with Crippen LogP contribution in [0.1, 0.15) is 43.0 Å². The average Bonchev–Trinajstić information content (AvgIpc) is 2.68. The lowest BCUT2D eigenvalue weighted by Crippen LogP contribution is -2.48. The van der Waals surface area contributed by atoms with E-state index in [2.05, 4.69) is 37.9 Å². The molecule has 19 heavy (non-hydrogen) atoms. The Morgan fingerprint density at radius 1 is 1.05 bits per heavy atom. The molecule has 1 unspecified atom stereocenters. The fourth-order valence-corrected chi connectivity index (χ4v) is 7.42. The van der Waals surface area contributed by atoms with Crippen LogP contribution >= 0.6 is 43.2 Å². The van der Waals surface area contributed by atoms with E-state index in [0.717, 1.165) is 34.1 Å². The van der Waals surface area contributed by atoms with Crippen molar-refractivity contribution in [3.8, 4) is 0 Å². The molecule has 104 valence electrons. The minimum absolute atomic E-state index is 0.252. The summed E-state index contributed by atoms with van der Waals surface area (Å²) in [5.41, 5.74) is 6.67. The Balaban J connectivity index is 1.61. The highest BCUT2D eigenvalue weighted by atomic mass is 79.9. The fraction of sp³-hybridized carbons (Fsp3) is 0.733. The van der Waals surface area contributed by atoms with Crippen LogP contribution in [0.15, 0.2) is 14.3 Å². The van der Waals surface area contributed by atoms with Gasteiger partial charge in [0.1, 0.15) is 0 Å². The van der Waals surface area contributed by atoms with Gasteiger partial charge >= 0.3 is 0 Å². The van der Waals surface area contributed by atoms with Gasteiger partial charge in [-0.15, -0.1) is 11.3 Å². The average molecular weight is 405 g/mol.